The molecule has 0 radical (unpaired) electrons. The highest BCUT2D eigenvalue weighted by Crippen LogP contribution is 2.33. The third-order valence-corrected chi connectivity index (χ3v) is 5.89. The number of aryl methyl sites for hydroxylation is 5. The van der Waals surface area contributed by atoms with Gasteiger partial charge in [-0.25, -0.2) is 4.57 Å². The van der Waals surface area contributed by atoms with Crippen molar-refractivity contribution in [2.24, 2.45) is 7.05 Å². The van der Waals surface area contributed by atoms with Crippen molar-refractivity contribution >= 4 is 0 Å². The summed E-state index contributed by atoms with van der Waals surface area (Å²) in [5, 5.41) is 0. The molecular weight excluding hydrogens is 350 g/mol. The van der Waals surface area contributed by atoms with Crippen LogP contribution < -0.4 is 4.57 Å². The Bertz CT molecular complexity index is 1180. The lowest BCUT2D eigenvalue weighted by molar-refractivity contribution is -0.660. The molecule has 0 bridgehead atoms. The van der Waals surface area contributed by atoms with Gasteiger partial charge in [0.05, 0.1) is 0 Å². The minimum Gasteiger partial charge on any atom is -0.201 e. The normalized spacial score (nSPS) is 10.9. The second-order valence-corrected chi connectivity index (χ2v) is 8.02. The largest absolute Gasteiger partial charge is 0.213 e. The van der Waals surface area contributed by atoms with Crippen LogP contribution in [0.3, 0.4) is 0 Å². The highest BCUT2D eigenvalue weighted by atomic mass is 14.9. The van der Waals surface area contributed by atoms with Crippen LogP contribution in [0.25, 0.3) is 33.5 Å². The molecule has 29 heavy (non-hydrogen) atoms. The number of benzene rings is 3. The van der Waals surface area contributed by atoms with E-state index in [1.807, 2.05) is 0 Å². The molecule has 1 heterocycles. The molecule has 0 saturated carbocycles. The Labute approximate surface area is 174 Å². The van der Waals surface area contributed by atoms with Crippen molar-refractivity contribution in [3.63, 3.8) is 0 Å². The molecule has 0 unspecified atom stereocenters. The highest BCUT2D eigenvalue weighted by Gasteiger charge is 2.17. The maximum absolute atomic E-state index is 2.33. The molecule has 144 valence electrons. The zero-order valence-electron chi connectivity index (χ0n) is 18.0. The van der Waals surface area contributed by atoms with Crippen LogP contribution in [0, 0.1) is 27.7 Å². The standard InChI is InChI=1S/C28H28N/c1-19-9-6-7-12-25(19)23-14-13-20(2)26(17-23)27-18-24(15-16-29(27)5)28-21(3)10-8-11-22(28)4/h6-18H,1-5H3/q+1. The van der Waals surface area contributed by atoms with Gasteiger partial charge in [-0.2, -0.15) is 0 Å². The summed E-state index contributed by atoms with van der Waals surface area (Å²) in [6.07, 6.45) is 2.18. The first-order valence-electron chi connectivity index (χ1n) is 10.2. The van der Waals surface area contributed by atoms with E-state index in [0.29, 0.717) is 0 Å². The van der Waals surface area contributed by atoms with Crippen molar-refractivity contribution in [3.8, 4) is 33.5 Å². The second kappa shape index (κ2) is 7.67. The van der Waals surface area contributed by atoms with E-state index in [4.69, 9.17) is 0 Å². The molecule has 0 spiro atoms. The van der Waals surface area contributed by atoms with Gasteiger partial charge >= 0.3 is 0 Å². The summed E-state index contributed by atoms with van der Waals surface area (Å²) in [4.78, 5) is 0. The van der Waals surface area contributed by atoms with Crippen molar-refractivity contribution < 1.29 is 4.57 Å². The van der Waals surface area contributed by atoms with Gasteiger partial charge in [-0.15, -0.1) is 0 Å². The molecule has 0 aliphatic rings. The fourth-order valence-corrected chi connectivity index (χ4v) is 4.22. The molecule has 4 rings (SSSR count). The first-order chi connectivity index (χ1) is 14.0. The van der Waals surface area contributed by atoms with Crippen molar-refractivity contribution in [3.05, 3.63) is 101 Å². The van der Waals surface area contributed by atoms with Crippen LogP contribution in [0.5, 0.6) is 0 Å². The molecule has 1 heteroatoms. The third-order valence-electron chi connectivity index (χ3n) is 5.89. The number of rotatable bonds is 3. The highest BCUT2D eigenvalue weighted by molar-refractivity contribution is 5.78. The van der Waals surface area contributed by atoms with Gasteiger partial charge in [0.1, 0.15) is 7.05 Å². The van der Waals surface area contributed by atoms with Crippen molar-refractivity contribution in [1.82, 2.24) is 0 Å². The number of hydrogen-bond acceptors (Lipinski definition) is 0. The molecular formula is C28H28N+. The molecule has 0 aliphatic heterocycles. The monoisotopic (exact) mass is 378 g/mol. The zero-order valence-corrected chi connectivity index (χ0v) is 18.0. The van der Waals surface area contributed by atoms with E-state index in [2.05, 4.69) is 118 Å². The summed E-state index contributed by atoms with van der Waals surface area (Å²) in [5.74, 6) is 0. The predicted octanol–water partition coefficient (Wildman–Crippen LogP) is 6.75. The molecule has 0 fully saturated rings. The maximum atomic E-state index is 2.33. The number of aromatic nitrogens is 1. The van der Waals surface area contributed by atoms with E-state index >= 15 is 0 Å². The van der Waals surface area contributed by atoms with Crippen molar-refractivity contribution in [1.29, 1.82) is 0 Å². The van der Waals surface area contributed by atoms with Crippen molar-refractivity contribution in [2.75, 3.05) is 0 Å². The zero-order chi connectivity index (χ0) is 20.5. The Kier molecular flexibility index (Phi) is 5.07. The molecule has 0 saturated heterocycles. The van der Waals surface area contributed by atoms with Gasteiger partial charge in [0.15, 0.2) is 6.20 Å². The van der Waals surface area contributed by atoms with Crippen LogP contribution >= 0.6 is 0 Å². The molecule has 1 aromatic heterocycles. The van der Waals surface area contributed by atoms with E-state index in [1.165, 1.54) is 55.8 Å². The van der Waals surface area contributed by atoms with Crippen LogP contribution in [0.1, 0.15) is 22.3 Å². The van der Waals surface area contributed by atoms with Crippen LogP contribution in [0.2, 0.25) is 0 Å². The lowest BCUT2D eigenvalue weighted by Crippen LogP contribution is -2.30. The van der Waals surface area contributed by atoms with Crippen LogP contribution in [-0.2, 0) is 7.05 Å². The van der Waals surface area contributed by atoms with Gasteiger partial charge in [0, 0.05) is 17.7 Å². The van der Waals surface area contributed by atoms with Crippen LogP contribution in [0.15, 0.2) is 79.0 Å². The first-order valence-corrected chi connectivity index (χ1v) is 10.2. The summed E-state index contributed by atoms with van der Waals surface area (Å²) in [6.45, 7) is 8.76. The van der Waals surface area contributed by atoms with Gasteiger partial charge in [-0.1, -0.05) is 54.6 Å². The quantitative estimate of drug-likeness (QED) is 0.347. The number of pyridine rings is 1. The Morgan fingerprint density at radius 3 is 1.93 bits per heavy atom. The Hall–Kier alpha value is -3.19. The fourth-order valence-electron chi connectivity index (χ4n) is 4.22. The average molecular weight is 379 g/mol. The van der Waals surface area contributed by atoms with Crippen molar-refractivity contribution in [2.45, 2.75) is 27.7 Å². The maximum Gasteiger partial charge on any atom is 0.213 e. The lowest BCUT2D eigenvalue weighted by atomic mass is 9.92. The van der Waals surface area contributed by atoms with Gasteiger partial charge in [-0.05, 0) is 78.3 Å². The molecule has 4 aromatic rings. The SMILES string of the molecule is Cc1ccccc1-c1ccc(C)c(-c2cc(-c3c(C)cccc3C)cc[n+]2C)c1. The third kappa shape index (κ3) is 3.61. The van der Waals surface area contributed by atoms with E-state index in [0.717, 1.165) is 0 Å². The Balaban J connectivity index is 1.90. The van der Waals surface area contributed by atoms with Gasteiger partial charge in [0.2, 0.25) is 5.69 Å². The summed E-state index contributed by atoms with van der Waals surface area (Å²) < 4.78 is 2.22. The molecule has 3 aromatic carbocycles. The summed E-state index contributed by atoms with van der Waals surface area (Å²) in [6, 6.07) is 26.5. The second-order valence-electron chi connectivity index (χ2n) is 8.02. The minimum atomic E-state index is 1.23. The Morgan fingerprint density at radius 1 is 0.552 bits per heavy atom. The molecule has 1 nitrogen and oxygen atoms in total. The fraction of sp³-hybridized carbons (Fsp3) is 0.179. The molecule has 0 amide bonds. The summed E-state index contributed by atoms with van der Waals surface area (Å²) in [7, 11) is 2.13. The molecule has 0 N–H and O–H groups in total. The summed E-state index contributed by atoms with van der Waals surface area (Å²) in [5.41, 5.74) is 12.9. The predicted molar refractivity (Wildman–Crippen MR) is 123 cm³/mol. The van der Waals surface area contributed by atoms with E-state index in [-0.39, 0.29) is 0 Å². The van der Waals surface area contributed by atoms with Crippen LogP contribution in [-0.4, -0.2) is 0 Å². The van der Waals surface area contributed by atoms with E-state index in [9.17, 15) is 0 Å². The van der Waals surface area contributed by atoms with E-state index in [1.54, 1.807) is 0 Å². The van der Waals surface area contributed by atoms with E-state index < -0.39 is 0 Å². The van der Waals surface area contributed by atoms with Gasteiger partial charge < -0.3 is 0 Å². The van der Waals surface area contributed by atoms with Gasteiger partial charge in [-0.3, -0.25) is 0 Å². The lowest BCUT2D eigenvalue weighted by Gasteiger charge is -2.13. The smallest absolute Gasteiger partial charge is 0.201 e. The molecule has 0 aliphatic carbocycles. The number of nitrogens with zero attached hydrogens (tertiary/aromatic N) is 1. The topological polar surface area (TPSA) is 3.88 Å². The minimum absolute atomic E-state index is 1.23. The average Bonchev–Trinajstić information content (AvgIpc) is 2.70. The number of hydrogen-bond donors (Lipinski definition) is 0. The summed E-state index contributed by atoms with van der Waals surface area (Å²) >= 11 is 0. The van der Waals surface area contributed by atoms with Crippen LogP contribution in [0.4, 0.5) is 0 Å². The first kappa shape index (κ1) is 19.1. The Morgan fingerprint density at radius 2 is 1.21 bits per heavy atom. The molecule has 0 atom stereocenters. The van der Waals surface area contributed by atoms with Gasteiger partial charge in [0.25, 0.3) is 0 Å².